The smallest absolute Gasteiger partial charge is 0.147 e. The fraction of sp³-hybridized carbons (Fsp3) is 0.636. The van der Waals surface area contributed by atoms with Gasteiger partial charge in [-0.05, 0) is 25.7 Å². The lowest BCUT2D eigenvalue weighted by Crippen LogP contribution is -2.45. The van der Waals surface area contributed by atoms with Crippen molar-refractivity contribution in [1.29, 1.82) is 0 Å². The van der Waals surface area contributed by atoms with Crippen LogP contribution in [0.1, 0.15) is 25.7 Å². The molecule has 0 aliphatic carbocycles. The van der Waals surface area contributed by atoms with Crippen LogP contribution < -0.4 is 10.6 Å². The van der Waals surface area contributed by atoms with Gasteiger partial charge in [-0.25, -0.2) is 9.97 Å². The maximum atomic E-state index is 9.72. The zero-order chi connectivity index (χ0) is 11.1. The third-order valence-corrected chi connectivity index (χ3v) is 3.63. The molecule has 2 aliphatic rings. The van der Waals surface area contributed by atoms with Gasteiger partial charge in [-0.3, -0.25) is 0 Å². The number of fused-ring (bicyclic) bond motifs is 2. The summed E-state index contributed by atoms with van der Waals surface area (Å²) in [5, 5.41) is 9.72. The first-order valence-electron chi connectivity index (χ1n) is 5.78. The van der Waals surface area contributed by atoms with Gasteiger partial charge in [0.1, 0.15) is 11.6 Å². The molecule has 3 N–H and O–H groups in total. The summed E-state index contributed by atoms with van der Waals surface area (Å²) in [5.74, 6) is 1.35. The van der Waals surface area contributed by atoms with Crippen molar-refractivity contribution in [3.63, 3.8) is 0 Å². The van der Waals surface area contributed by atoms with E-state index in [1.807, 2.05) is 0 Å². The van der Waals surface area contributed by atoms with Crippen molar-refractivity contribution >= 4 is 11.6 Å². The van der Waals surface area contributed by atoms with E-state index in [2.05, 4.69) is 14.9 Å². The Morgan fingerprint density at radius 3 is 2.44 bits per heavy atom. The second-order valence-electron chi connectivity index (χ2n) is 4.72. The minimum Gasteiger partial charge on any atom is -0.393 e. The highest BCUT2D eigenvalue weighted by Gasteiger charge is 2.40. The van der Waals surface area contributed by atoms with E-state index in [-0.39, 0.29) is 6.10 Å². The second-order valence-corrected chi connectivity index (χ2v) is 4.72. The highest BCUT2D eigenvalue weighted by molar-refractivity contribution is 5.44. The van der Waals surface area contributed by atoms with E-state index in [9.17, 15) is 5.11 Å². The number of anilines is 2. The molecular formula is C11H16N4O. The summed E-state index contributed by atoms with van der Waals surface area (Å²) in [4.78, 5) is 10.7. The molecule has 5 heteroatoms. The lowest BCUT2D eigenvalue weighted by molar-refractivity contribution is 0.126. The van der Waals surface area contributed by atoms with E-state index >= 15 is 0 Å². The van der Waals surface area contributed by atoms with E-state index in [1.54, 1.807) is 12.4 Å². The summed E-state index contributed by atoms with van der Waals surface area (Å²) in [6.45, 7) is 0. The average Bonchev–Trinajstić information content (AvgIpc) is 2.54. The lowest BCUT2D eigenvalue weighted by Gasteiger charge is -2.37. The Kier molecular flexibility index (Phi) is 2.21. The Morgan fingerprint density at radius 2 is 1.88 bits per heavy atom. The van der Waals surface area contributed by atoms with Crippen molar-refractivity contribution in [2.45, 2.75) is 43.9 Å². The zero-order valence-corrected chi connectivity index (χ0v) is 9.08. The molecule has 86 valence electrons. The Balaban J connectivity index is 1.88. The summed E-state index contributed by atoms with van der Waals surface area (Å²) < 4.78 is 0. The molecule has 3 rings (SSSR count). The van der Waals surface area contributed by atoms with Crippen LogP contribution in [-0.2, 0) is 0 Å². The predicted molar refractivity (Wildman–Crippen MR) is 61.0 cm³/mol. The first-order valence-corrected chi connectivity index (χ1v) is 5.78. The molecule has 2 aliphatic heterocycles. The number of hydrogen-bond donors (Lipinski definition) is 2. The normalized spacial score (nSPS) is 33.1. The number of nitrogens with zero attached hydrogens (tertiary/aromatic N) is 3. The van der Waals surface area contributed by atoms with E-state index < -0.39 is 0 Å². The molecule has 2 atom stereocenters. The van der Waals surface area contributed by atoms with E-state index in [1.165, 1.54) is 0 Å². The molecule has 5 nitrogen and oxygen atoms in total. The van der Waals surface area contributed by atoms with Gasteiger partial charge in [0.15, 0.2) is 0 Å². The van der Waals surface area contributed by atoms with Gasteiger partial charge in [-0.1, -0.05) is 0 Å². The third kappa shape index (κ3) is 1.51. The number of piperidine rings is 1. The van der Waals surface area contributed by atoms with E-state index in [0.29, 0.717) is 17.9 Å². The van der Waals surface area contributed by atoms with Crippen LogP contribution in [0, 0.1) is 0 Å². The minimum absolute atomic E-state index is 0.143. The second kappa shape index (κ2) is 3.59. The molecule has 2 saturated heterocycles. The van der Waals surface area contributed by atoms with Crippen LogP contribution in [0.25, 0.3) is 0 Å². The molecule has 0 amide bonds. The van der Waals surface area contributed by atoms with Gasteiger partial charge in [0.2, 0.25) is 0 Å². The predicted octanol–water partition coefficient (Wildman–Crippen LogP) is 0.551. The fourth-order valence-corrected chi connectivity index (χ4v) is 2.99. The minimum atomic E-state index is -0.143. The largest absolute Gasteiger partial charge is 0.393 e. The molecule has 0 spiro atoms. The van der Waals surface area contributed by atoms with E-state index in [4.69, 9.17) is 5.73 Å². The number of nitrogens with two attached hydrogens (primary N) is 1. The van der Waals surface area contributed by atoms with E-state index in [0.717, 1.165) is 31.5 Å². The topological polar surface area (TPSA) is 75.3 Å². The first kappa shape index (κ1) is 9.84. The Morgan fingerprint density at radius 1 is 1.19 bits per heavy atom. The summed E-state index contributed by atoms with van der Waals surface area (Å²) in [7, 11) is 0. The summed E-state index contributed by atoms with van der Waals surface area (Å²) >= 11 is 0. The van der Waals surface area contributed by atoms with Crippen LogP contribution in [-0.4, -0.2) is 33.3 Å². The van der Waals surface area contributed by atoms with Crippen LogP contribution in [0.2, 0.25) is 0 Å². The van der Waals surface area contributed by atoms with Crippen molar-refractivity contribution in [1.82, 2.24) is 9.97 Å². The van der Waals surface area contributed by atoms with Crippen LogP contribution in [0.4, 0.5) is 11.6 Å². The maximum Gasteiger partial charge on any atom is 0.147 e. The van der Waals surface area contributed by atoms with Crippen molar-refractivity contribution in [2.75, 3.05) is 10.6 Å². The zero-order valence-electron chi connectivity index (χ0n) is 9.08. The molecule has 0 radical (unpaired) electrons. The number of rotatable bonds is 1. The molecule has 2 fully saturated rings. The van der Waals surface area contributed by atoms with Gasteiger partial charge in [0.05, 0.1) is 18.5 Å². The number of hydrogen-bond acceptors (Lipinski definition) is 5. The first-order chi connectivity index (χ1) is 7.74. The molecule has 0 saturated carbocycles. The van der Waals surface area contributed by atoms with Gasteiger partial charge in [0, 0.05) is 12.1 Å². The average molecular weight is 220 g/mol. The Hall–Kier alpha value is -1.36. The molecule has 1 aromatic heterocycles. The highest BCUT2D eigenvalue weighted by Crippen LogP contribution is 2.38. The van der Waals surface area contributed by atoms with Crippen LogP contribution in [0.3, 0.4) is 0 Å². The van der Waals surface area contributed by atoms with Gasteiger partial charge >= 0.3 is 0 Å². The monoisotopic (exact) mass is 220 g/mol. The van der Waals surface area contributed by atoms with Gasteiger partial charge in [0.25, 0.3) is 0 Å². The van der Waals surface area contributed by atoms with Crippen molar-refractivity contribution in [2.24, 2.45) is 0 Å². The quantitative estimate of drug-likeness (QED) is 0.723. The van der Waals surface area contributed by atoms with Gasteiger partial charge in [-0.15, -0.1) is 0 Å². The van der Waals surface area contributed by atoms with Crippen molar-refractivity contribution in [3.05, 3.63) is 12.4 Å². The third-order valence-electron chi connectivity index (χ3n) is 3.63. The Labute approximate surface area is 94.3 Å². The number of nitrogen functional groups attached to an aromatic ring is 1. The summed E-state index contributed by atoms with van der Waals surface area (Å²) in [5.41, 5.74) is 5.53. The van der Waals surface area contributed by atoms with Crippen LogP contribution in [0.15, 0.2) is 12.4 Å². The fourth-order valence-electron chi connectivity index (χ4n) is 2.99. The standard InChI is InChI=1S/C11H16N4O/c12-10-5-14-11(6-13-10)15-7-1-2-8(15)4-9(16)3-7/h5-9,16H,1-4H2,(H2,12,13). The molecule has 0 aromatic carbocycles. The highest BCUT2D eigenvalue weighted by atomic mass is 16.3. The number of aromatic nitrogens is 2. The lowest BCUT2D eigenvalue weighted by atomic mass is 10.0. The summed E-state index contributed by atoms with van der Waals surface area (Å²) in [6, 6.07) is 0.846. The van der Waals surface area contributed by atoms with Gasteiger partial charge in [-0.2, -0.15) is 0 Å². The number of aliphatic hydroxyl groups excluding tert-OH is 1. The SMILES string of the molecule is Nc1cnc(N2C3CCC2CC(O)C3)cn1. The molecule has 3 heterocycles. The number of aliphatic hydroxyl groups is 1. The van der Waals surface area contributed by atoms with Crippen LogP contribution >= 0.6 is 0 Å². The molecule has 1 aromatic rings. The molecule has 2 unspecified atom stereocenters. The molecular weight excluding hydrogens is 204 g/mol. The summed E-state index contributed by atoms with van der Waals surface area (Å²) in [6.07, 6.45) is 7.18. The molecule has 2 bridgehead atoms. The Bertz CT molecular complexity index is 366. The van der Waals surface area contributed by atoms with Gasteiger partial charge < -0.3 is 15.7 Å². The maximum absolute atomic E-state index is 9.72. The van der Waals surface area contributed by atoms with Crippen molar-refractivity contribution in [3.8, 4) is 0 Å². The van der Waals surface area contributed by atoms with Crippen molar-refractivity contribution < 1.29 is 5.11 Å². The molecule has 16 heavy (non-hydrogen) atoms. The van der Waals surface area contributed by atoms with Crippen LogP contribution in [0.5, 0.6) is 0 Å².